The Kier molecular flexibility index (Phi) is 7.42. The van der Waals surface area contributed by atoms with Crippen LogP contribution in [-0.2, 0) is 0 Å². The zero-order valence-electron chi connectivity index (χ0n) is 30.3. The molecule has 1 aliphatic rings. The third kappa shape index (κ3) is 5.13. The van der Waals surface area contributed by atoms with Gasteiger partial charge >= 0.3 is 0 Å². The molecule has 11 rings (SSSR count). The van der Waals surface area contributed by atoms with Crippen LogP contribution in [0, 0.1) is 0 Å². The van der Waals surface area contributed by atoms with Gasteiger partial charge in [-0.25, -0.2) is 15.0 Å². The predicted molar refractivity (Wildman–Crippen MR) is 230 cm³/mol. The highest BCUT2D eigenvalue weighted by molar-refractivity contribution is 6.19. The van der Waals surface area contributed by atoms with E-state index in [2.05, 4.69) is 149 Å². The average Bonchev–Trinajstić information content (AvgIpc) is 3.56. The van der Waals surface area contributed by atoms with E-state index in [1.54, 1.807) is 0 Å². The monoisotopic (exact) mass is 715 g/mol. The van der Waals surface area contributed by atoms with Crippen molar-refractivity contribution in [3.8, 4) is 62.1 Å². The Labute approximate surface area is 324 Å². The van der Waals surface area contributed by atoms with Crippen molar-refractivity contribution in [2.75, 3.05) is 4.90 Å². The van der Waals surface area contributed by atoms with Crippen molar-refractivity contribution in [2.24, 2.45) is 0 Å². The van der Waals surface area contributed by atoms with E-state index in [4.69, 9.17) is 15.0 Å². The van der Waals surface area contributed by atoms with Crippen LogP contribution >= 0.6 is 0 Å². The summed E-state index contributed by atoms with van der Waals surface area (Å²) in [6.45, 7) is 0. The SMILES string of the molecule is c1ccc(-c2nc(-c3ccccc3)nc(-c3cccc(-n4c5ccccc5c5ccc6c(c54)N(c4ccccc4)c4ccccc4-c4ccccc4-6)c3)n2)cc1. The molecule has 2 aromatic heterocycles. The molecule has 0 saturated heterocycles. The third-order valence-electron chi connectivity index (χ3n) is 10.8. The summed E-state index contributed by atoms with van der Waals surface area (Å²) < 4.78 is 2.43. The first-order chi connectivity index (χ1) is 27.8. The highest BCUT2D eigenvalue weighted by atomic mass is 15.2. The molecule has 3 heterocycles. The molecule has 0 amide bonds. The molecular formula is C51H33N5. The van der Waals surface area contributed by atoms with Gasteiger partial charge in [0.2, 0.25) is 0 Å². The van der Waals surface area contributed by atoms with E-state index in [0.717, 1.165) is 50.5 Å². The summed E-state index contributed by atoms with van der Waals surface area (Å²) in [6, 6.07) is 70.5. The lowest BCUT2D eigenvalue weighted by atomic mass is 9.94. The van der Waals surface area contributed by atoms with Crippen molar-refractivity contribution < 1.29 is 0 Å². The van der Waals surface area contributed by atoms with E-state index < -0.39 is 0 Å². The summed E-state index contributed by atoms with van der Waals surface area (Å²) in [5, 5.41) is 2.37. The fourth-order valence-corrected chi connectivity index (χ4v) is 8.29. The Morgan fingerprint density at radius 2 is 0.857 bits per heavy atom. The van der Waals surface area contributed by atoms with E-state index in [0.29, 0.717) is 17.5 Å². The Bertz CT molecular complexity index is 3020. The molecule has 1 aliphatic heterocycles. The summed E-state index contributed by atoms with van der Waals surface area (Å²) in [7, 11) is 0. The van der Waals surface area contributed by atoms with Crippen molar-refractivity contribution >= 4 is 38.9 Å². The molecule has 56 heavy (non-hydrogen) atoms. The fraction of sp³-hybridized carbons (Fsp3) is 0. The van der Waals surface area contributed by atoms with Gasteiger partial charge < -0.3 is 9.47 Å². The number of hydrogen-bond acceptors (Lipinski definition) is 4. The number of benzene rings is 8. The van der Waals surface area contributed by atoms with Crippen LogP contribution in [0.3, 0.4) is 0 Å². The lowest BCUT2D eigenvalue weighted by Crippen LogP contribution is -2.12. The standard InChI is InChI=1S/C51H33N5/c1-4-17-34(18-5-1)49-52-50(35-19-6-2-7-20-35)54-51(53-49)36-21-16-24-38(33-36)56-46-30-15-13-28-42(46)44-32-31-43-40-26-11-10-25-39(40)41-27-12-14-29-45(41)55(47(43)48(44)56)37-22-8-3-9-23-37/h1-33H. The second-order valence-electron chi connectivity index (χ2n) is 14.0. The number of anilines is 3. The molecule has 5 nitrogen and oxygen atoms in total. The maximum atomic E-state index is 5.09. The lowest BCUT2D eigenvalue weighted by molar-refractivity contribution is 1.07. The van der Waals surface area contributed by atoms with E-state index in [1.165, 1.54) is 33.0 Å². The first-order valence-electron chi connectivity index (χ1n) is 18.9. The van der Waals surface area contributed by atoms with Crippen LogP contribution in [0.1, 0.15) is 0 Å². The van der Waals surface area contributed by atoms with Gasteiger partial charge in [0.25, 0.3) is 0 Å². The summed E-state index contributed by atoms with van der Waals surface area (Å²) in [5.74, 6) is 1.89. The first-order valence-corrected chi connectivity index (χ1v) is 18.9. The Morgan fingerprint density at radius 3 is 1.55 bits per heavy atom. The van der Waals surface area contributed by atoms with Crippen LogP contribution < -0.4 is 4.90 Å². The van der Waals surface area contributed by atoms with E-state index in [-0.39, 0.29) is 0 Å². The minimum Gasteiger partial charge on any atom is -0.307 e. The van der Waals surface area contributed by atoms with Gasteiger partial charge in [0.1, 0.15) is 0 Å². The number of aromatic nitrogens is 4. The average molecular weight is 716 g/mol. The molecule has 0 N–H and O–H groups in total. The molecule has 0 aliphatic carbocycles. The molecule has 0 spiro atoms. The van der Waals surface area contributed by atoms with Crippen molar-refractivity contribution in [3.05, 3.63) is 200 Å². The van der Waals surface area contributed by atoms with Crippen LogP contribution in [0.4, 0.5) is 17.1 Å². The first kappa shape index (κ1) is 31.9. The van der Waals surface area contributed by atoms with Crippen LogP contribution in [-0.4, -0.2) is 19.5 Å². The van der Waals surface area contributed by atoms with Crippen LogP contribution in [0.5, 0.6) is 0 Å². The fourth-order valence-electron chi connectivity index (χ4n) is 8.29. The second kappa shape index (κ2) is 13.0. The molecule has 0 bridgehead atoms. The van der Waals surface area contributed by atoms with Gasteiger partial charge in [-0.2, -0.15) is 0 Å². The predicted octanol–water partition coefficient (Wildman–Crippen LogP) is 13.1. The van der Waals surface area contributed by atoms with Gasteiger partial charge in [0.15, 0.2) is 17.5 Å². The normalized spacial score (nSPS) is 11.9. The lowest BCUT2D eigenvalue weighted by Gasteiger charge is -2.28. The van der Waals surface area contributed by atoms with E-state index in [9.17, 15) is 0 Å². The highest BCUT2D eigenvalue weighted by Crippen LogP contribution is 2.54. The van der Waals surface area contributed by atoms with E-state index >= 15 is 0 Å². The van der Waals surface area contributed by atoms with Crippen LogP contribution in [0.2, 0.25) is 0 Å². The topological polar surface area (TPSA) is 46.8 Å². The van der Waals surface area contributed by atoms with Crippen molar-refractivity contribution in [1.82, 2.24) is 19.5 Å². The van der Waals surface area contributed by atoms with Gasteiger partial charge in [-0.3, -0.25) is 0 Å². The second-order valence-corrected chi connectivity index (χ2v) is 14.0. The Morgan fingerprint density at radius 1 is 0.339 bits per heavy atom. The molecule has 262 valence electrons. The van der Waals surface area contributed by atoms with Gasteiger partial charge in [-0.1, -0.05) is 164 Å². The molecule has 8 aromatic carbocycles. The van der Waals surface area contributed by atoms with Crippen molar-refractivity contribution in [1.29, 1.82) is 0 Å². The van der Waals surface area contributed by atoms with E-state index in [1.807, 2.05) is 60.7 Å². The number of nitrogens with zero attached hydrogens (tertiary/aromatic N) is 5. The molecule has 5 heteroatoms. The summed E-state index contributed by atoms with van der Waals surface area (Å²) in [4.78, 5) is 17.6. The largest absolute Gasteiger partial charge is 0.307 e. The summed E-state index contributed by atoms with van der Waals surface area (Å²) in [5.41, 5.74) is 14.2. The molecular weight excluding hydrogens is 683 g/mol. The third-order valence-corrected chi connectivity index (χ3v) is 10.8. The van der Waals surface area contributed by atoms with Crippen molar-refractivity contribution in [3.63, 3.8) is 0 Å². The number of fused-ring (bicyclic) bond motifs is 9. The Hall–Kier alpha value is -7.63. The van der Waals surface area contributed by atoms with Gasteiger partial charge in [0.05, 0.1) is 22.4 Å². The molecule has 10 aromatic rings. The van der Waals surface area contributed by atoms with Gasteiger partial charge in [0, 0.05) is 50.0 Å². The number of rotatable bonds is 5. The highest BCUT2D eigenvalue weighted by Gasteiger charge is 2.30. The molecule has 0 atom stereocenters. The maximum absolute atomic E-state index is 5.09. The van der Waals surface area contributed by atoms with Crippen LogP contribution in [0.25, 0.3) is 83.9 Å². The maximum Gasteiger partial charge on any atom is 0.164 e. The number of hydrogen-bond donors (Lipinski definition) is 0. The minimum atomic E-state index is 0.618. The molecule has 0 radical (unpaired) electrons. The molecule has 0 fully saturated rings. The molecule has 0 unspecified atom stereocenters. The summed E-state index contributed by atoms with van der Waals surface area (Å²) >= 11 is 0. The number of para-hydroxylation sites is 3. The zero-order valence-corrected chi connectivity index (χ0v) is 30.3. The van der Waals surface area contributed by atoms with Crippen LogP contribution in [0.15, 0.2) is 200 Å². The van der Waals surface area contributed by atoms with Crippen molar-refractivity contribution in [2.45, 2.75) is 0 Å². The smallest absolute Gasteiger partial charge is 0.164 e. The van der Waals surface area contributed by atoms with Gasteiger partial charge in [-0.05, 0) is 47.5 Å². The Balaban J connectivity index is 1.21. The zero-order chi connectivity index (χ0) is 37.0. The molecule has 0 saturated carbocycles. The summed E-state index contributed by atoms with van der Waals surface area (Å²) in [6.07, 6.45) is 0. The quantitative estimate of drug-likeness (QED) is 0.178. The minimum absolute atomic E-state index is 0.618. The van der Waals surface area contributed by atoms with Gasteiger partial charge in [-0.15, -0.1) is 0 Å².